The van der Waals surface area contributed by atoms with Gasteiger partial charge in [0.05, 0.1) is 0 Å². The number of aryl methyl sites for hydroxylation is 1. The number of anilines is 1. The number of fused-ring (bicyclic) bond motifs is 1. The first kappa shape index (κ1) is 19.8. The van der Waals surface area contributed by atoms with Gasteiger partial charge in [-0.15, -0.1) is 0 Å². The monoisotopic (exact) mass is 422 g/mol. The summed E-state index contributed by atoms with van der Waals surface area (Å²) in [5, 5.41) is 4.79. The van der Waals surface area contributed by atoms with E-state index in [1.165, 1.54) is 10.9 Å². The Morgan fingerprint density at radius 3 is 2.63 bits per heavy atom. The van der Waals surface area contributed by atoms with Gasteiger partial charge in [0.15, 0.2) is 0 Å². The lowest BCUT2D eigenvalue weighted by Crippen LogP contribution is -2.34. The molecule has 2 heterocycles. The SMILES string of the molecule is CCc1ccccc1N(C)C(=O)Cn1cnc2onc(-c3ccc(Cl)cc3)c2c1=O. The summed E-state index contributed by atoms with van der Waals surface area (Å²) in [7, 11) is 1.70. The van der Waals surface area contributed by atoms with Crippen molar-refractivity contribution in [3.05, 3.63) is 75.8 Å². The molecule has 0 aliphatic heterocycles. The number of amides is 1. The summed E-state index contributed by atoms with van der Waals surface area (Å²) < 4.78 is 6.49. The third kappa shape index (κ3) is 3.59. The van der Waals surface area contributed by atoms with Crippen LogP contribution in [0.2, 0.25) is 5.02 Å². The van der Waals surface area contributed by atoms with Crippen molar-refractivity contribution in [1.29, 1.82) is 0 Å². The molecule has 0 unspecified atom stereocenters. The maximum absolute atomic E-state index is 13.1. The van der Waals surface area contributed by atoms with Crippen molar-refractivity contribution < 1.29 is 9.32 Å². The highest BCUT2D eigenvalue weighted by Crippen LogP contribution is 2.25. The highest BCUT2D eigenvalue weighted by Gasteiger charge is 2.20. The molecule has 2 aromatic heterocycles. The van der Waals surface area contributed by atoms with E-state index in [9.17, 15) is 9.59 Å². The molecule has 1 amide bonds. The van der Waals surface area contributed by atoms with Crippen molar-refractivity contribution in [2.24, 2.45) is 0 Å². The molecule has 0 fully saturated rings. The molecule has 4 rings (SSSR count). The molecular weight excluding hydrogens is 404 g/mol. The Hall–Kier alpha value is -3.45. The summed E-state index contributed by atoms with van der Waals surface area (Å²) >= 11 is 5.94. The molecule has 0 radical (unpaired) electrons. The molecule has 152 valence electrons. The fourth-order valence-electron chi connectivity index (χ4n) is 3.32. The average Bonchev–Trinajstić information content (AvgIpc) is 3.20. The van der Waals surface area contributed by atoms with Crippen LogP contribution < -0.4 is 10.5 Å². The summed E-state index contributed by atoms with van der Waals surface area (Å²) in [5.41, 5.74) is 2.65. The smallest absolute Gasteiger partial charge is 0.267 e. The zero-order valence-corrected chi connectivity index (χ0v) is 17.3. The number of rotatable bonds is 5. The molecule has 7 nitrogen and oxygen atoms in total. The third-order valence-corrected chi connectivity index (χ3v) is 5.25. The van der Waals surface area contributed by atoms with E-state index in [0.29, 0.717) is 16.3 Å². The third-order valence-electron chi connectivity index (χ3n) is 4.99. The van der Waals surface area contributed by atoms with Gasteiger partial charge in [0.25, 0.3) is 11.3 Å². The van der Waals surface area contributed by atoms with Gasteiger partial charge in [0, 0.05) is 23.3 Å². The quantitative estimate of drug-likeness (QED) is 0.486. The van der Waals surface area contributed by atoms with Crippen molar-refractivity contribution in [3.63, 3.8) is 0 Å². The van der Waals surface area contributed by atoms with Crippen molar-refractivity contribution in [1.82, 2.24) is 14.7 Å². The van der Waals surface area contributed by atoms with Crippen LogP contribution in [0.4, 0.5) is 5.69 Å². The Morgan fingerprint density at radius 2 is 1.90 bits per heavy atom. The van der Waals surface area contributed by atoms with E-state index in [0.717, 1.165) is 17.7 Å². The van der Waals surface area contributed by atoms with E-state index in [1.807, 2.05) is 31.2 Å². The van der Waals surface area contributed by atoms with Crippen LogP contribution in [0.5, 0.6) is 0 Å². The van der Waals surface area contributed by atoms with Crippen LogP contribution in [0.25, 0.3) is 22.4 Å². The summed E-state index contributed by atoms with van der Waals surface area (Å²) in [6.07, 6.45) is 2.10. The molecule has 30 heavy (non-hydrogen) atoms. The van der Waals surface area contributed by atoms with Gasteiger partial charge in [-0.2, -0.15) is 0 Å². The number of hydrogen-bond acceptors (Lipinski definition) is 5. The fraction of sp³-hybridized carbons (Fsp3) is 0.182. The Kier molecular flexibility index (Phi) is 5.37. The number of likely N-dealkylation sites (N-methyl/N-ethyl adjacent to an activating group) is 1. The lowest BCUT2D eigenvalue weighted by Gasteiger charge is -2.20. The molecule has 2 aromatic carbocycles. The lowest BCUT2D eigenvalue weighted by molar-refractivity contribution is -0.118. The highest BCUT2D eigenvalue weighted by molar-refractivity contribution is 6.30. The first-order chi connectivity index (χ1) is 14.5. The van der Waals surface area contributed by atoms with Crippen LogP contribution in [0.3, 0.4) is 0 Å². The van der Waals surface area contributed by atoms with Crippen LogP contribution in [0.1, 0.15) is 12.5 Å². The van der Waals surface area contributed by atoms with E-state index in [2.05, 4.69) is 10.1 Å². The Balaban J connectivity index is 1.69. The molecular formula is C22H19ClN4O3. The zero-order valence-electron chi connectivity index (χ0n) is 16.5. The van der Waals surface area contributed by atoms with Crippen LogP contribution in [0.15, 0.2) is 64.2 Å². The summed E-state index contributed by atoms with van der Waals surface area (Å²) in [6, 6.07) is 14.6. The maximum atomic E-state index is 13.1. The Labute approximate surface area is 177 Å². The predicted molar refractivity (Wildman–Crippen MR) is 116 cm³/mol. The second-order valence-corrected chi connectivity index (χ2v) is 7.27. The molecule has 0 N–H and O–H groups in total. The topological polar surface area (TPSA) is 81.2 Å². The highest BCUT2D eigenvalue weighted by atomic mass is 35.5. The van der Waals surface area contributed by atoms with Gasteiger partial charge in [0.2, 0.25) is 5.91 Å². The number of carbonyl (C=O) groups is 1. The van der Waals surface area contributed by atoms with E-state index >= 15 is 0 Å². The molecule has 0 saturated carbocycles. The number of nitrogens with zero attached hydrogens (tertiary/aromatic N) is 4. The number of benzene rings is 2. The number of carbonyl (C=O) groups excluding carboxylic acids is 1. The number of aromatic nitrogens is 3. The molecule has 0 spiro atoms. The van der Waals surface area contributed by atoms with Crippen molar-refractivity contribution in [3.8, 4) is 11.3 Å². The molecule has 0 atom stereocenters. The predicted octanol–water partition coefficient (Wildman–Crippen LogP) is 3.93. The number of para-hydroxylation sites is 1. The van der Waals surface area contributed by atoms with Crippen molar-refractivity contribution in [2.75, 3.05) is 11.9 Å². The molecule has 0 bridgehead atoms. The Bertz CT molecular complexity index is 1280. The van der Waals surface area contributed by atoms with Crippen molar-refractivity contribution in [2.45, 2.75) is 19.9 Å². The van der Waals surface area contributed by atoms with E-state index < -0.39 is 5.56 Å². The maximum Gasteiger partial charge on any atom is 0.267 e. The average molecular weight is 423 g/mol. The first-order valence-corrected chi connectivity index (χ1v) is 9.82. The van der Waals surface area contributed by atoms with Gasteiger partial charge >= 0.3 is 0 Å². The van der Waals surface area contributed by atoms with Crippen LogP contribution >= 0.6 is 11.6 Å². The van der Waals surface area contributed by atoms with Gasteiger partial charge in [-0.1, -0.05) is 54.0 Å². The molecule has 0 aliphatic rings. The van der Waals surface area contributed by atoms with Gasteiger partial charge in [-0.3, -0.25) is 14.2 Å². The van der Waals surface area contributed by atoms with E-state index in [4.69, 9.17) is 16.1 Å². The molecule has 8 heteroatoms. The fourth-order valence-corrected chi connectivity index (χ4v) is 3.45. The standard InChI is InChI=1S/C22H19ClN4O3/c1-3-14-6-4-5-7-17(14)26(2)18(28)12-27-13-24-21-19(22(27)29)20(25-30-21)15-8-10-16(23)11-9-15/h4-11,13H,3,12H2,1-2H3. The van der Waals surface area contributed by atoms with Gasteiger partial charge < -0.3 is 9.42 Å². The van der Waals surface area contributed by atoms with Crippen molar-refractivity contribution >= 4 is 34.3 Å². The second-order valence-electron chi connectivity index (χ2n) is 6.83. The molecule has 0 aliphatic carbocycles. The van der Waals surface area contributed by atoms with Gasteiger partial charge in [0.1, 0.15) is 24.0 Å². The van der Waals surface area contributed by atoms with Gasteiger partial charge in [-0.05, 0) is 30.2 Å². The minimum atomic E-state index is -0.392. The van der Waals surface area contributed by atoms with Crippen LogP contribution in [0, 0.1) is 0 Å². The normalized spacial score (nSPS) is 11.0. The summed E-state index contributed by atoms with van der Waals surface area (Å²) in [4.78, 5) is 31.7. The second kappa shape index (κ2) is 8.12. The summed E-state index contributed by atoms with van der Waals surface area (Å²) in [6.45, 7) is 1.88. The van der Waals surface area contributed by atoms with Crippen LogP contribution in [-0.4, -0.2) is 27.7 Å². The minimum absolute atomic E-state index is 0.123. The molecule has 4 aromatic rings. The van der Waals surface area contributed by atoms with E-state index in [-0.39, 0.29) is 23.6 Å². The largest absolute Gasteiger partial charge is 0.335 e. The lowest BCUT2D eigenvalue weighted by atomic mass is 10.1. The number of halogens is 1. The molecule has 0 saturated heterocycles. The summed E-state index contributed by atoms with van der Waals surface area (Å²) in [5.74, 6) is -0.233. The number of hydrogen-bond donors (Lipinski definition) is 0. The first-order valence-electron chi connectivity index (χ1n) is 9.44. The van der Waals surface area contributed by atoms with Crippen LogP contribution in [-0.2, 0) is 17.8 Å². The zero-order chi connectivity index (χ0) is 21.3. The minimum Gasteiger partial charge on any atom is -0.335 e. The van der Waals surface area contributed by atoms with Gasteiger partial charge in [-0.25, -0.2) is 4.98 Å². The van der Waals surface area contributed by atoms with E-state index in [1.54, 1.807) is 36.2 Å². The Morgan fingerprint density at radius 1 is 1.17 bits per heavy atom.